The first-order chi connectivity index (χ1) is 7.59. The Morgan fingerprint density at radius 3 is 1.81 bits per heavy atom. The van der Waals surface area contributed by atoms with Crippen LogP contribution in [0.5, 0.6) is 0 Å². The molecular formula is C13H30O2Si. The van der Waals surface area contributed by atoms with E-state index in [4.69, 9.17) is 4.43 Å². The maximum absolute atomic E-state index is 10.1. The molecule has 0 saturated carbocycles. The largest absolute Gasteiger partial charge is 0.411 e. The van der Waals surface area contributed by atoms with Crippen LogP contribution in [-0.2, 0) is 4.43 Å². The fourth-order valence-electron chi connectivity index (χ4n) is 2.24. The maximum Gasteiger partial charge on any atom is 0.192 e. The maximum atomic E-state index is 10.1. The number of aliphatic hydroxyl groups is 1. The van der Waals surface area contributed by atoms with Gasteiger partial charge in [0.2, 0.25) is 0 Å². The molecule has 2 nitrogen and oxygen atoms in total. The van der Waals surface area contributed by atoms with Gasteiger partial charge in [-0.2, -0.15) is 0 Å². The smallest absolute Gasteiger partial charge is 0.192 e. The minimum absolute atomic E-state index is 0.0615. The van der Waals surface area contributed by atoms with E-state index < -0.39 is 8.32 Å². The molecule has 0 spiro atoms. The Bertz CT molecular complexity index is 161. The molecule has 0 fully saturated rings. The SMILES string of the molecule is CCC[C@H](O)[C@@H](CC)O[Si](CC)(CC)CC. The van der Waals surface area contributed by atoms with E-state index in [-0.39, 0.29) is 12.2 Å². The van der Waals surface area contributed by atoms with E-state index in [9.17, 15) is 5.11 Å². The number of rotatable bonds is 9. The first kappa shape index (κ1) is 16.1. The van der Waals surface area contributed by atoms with Crippen LogP contribution in [0.3, 0.4) is 0 Å². The van der Waals surface area contributed by atoms with Crippen molar-refractivity contribution in [1.29, 1.82) is 0 Å². The highest BCUT2D eigenvalue weighted by Gasteiger charge is 2.33. The third-order valence-corrected chi connectivity index (χ3v) is 8.42. The predicted molar refractivity (Wildman–Crippen MR) is 73.3 cm³/mol. The highest BCUT2D eigenvalue weighted by molar-refractivity contribution is 6.73. The van der Waals surface area contributed by atoms with E-state index in [1.54, 1.807) is 0 Å². The molecule has 1 N–H and O–H groups in total. The molecule has 16 heavy (non-hydrogen) atoms. The number of hydrogen-bond acceptors (Lipinski definition) is 2. The van der Waals surface area contributed by atoms with Crippen LogP contribution in [0, 0.1) is 0 Å². The van der Waals surface area contributed by atoms with Crippen molar-refractivity contribution in [1.82, 2.24) is 0 Å². The standard InChI is InChI=1S/C13H30O2Si/c1-6-11-12(14)13(7-2)15-16(8-3,9-4)10-5/h12-14H,6-11H2,1-5H3/t12-,13+/m0/s1. The monoisotopic (exact) mass is 246 g/mol. The van der Waals surface area contributed by atoms with Gasteiger partial charge in [0, 0.05) is 0 Å². The van der Waals surface area contributed by atoms with Crippen molar-refractivity contribution in [2.75, 3.05) is 0 Å². The van der Waals surface area contributed by atoms with Gasteiger partial charge in [0.25, 0.3) is 0 Å². The zero-order chi connectivity index (χ0) is 12.6. The Kier molecular flexibility index (Phi) is 8.33. The molecule has 0 aromatic rings. The topological polar surface area (TPSA) is 29.5 Å². The van der Waals surface area contributed by atoms with Crippen LogP contribution in [0.1, 0.15) is 53.9 Å². The summed E-state index contributed by atoms with van der Waals surface area (Å²) < 4.78 is 6.34. The van der Waals surface area contributed by atoms with E-state index in [2.05, 4.69) is 34.6 Å². The summed E-state index contributed by atoms with van der Waals surface area (Å²) in [4.78, 5) is 0. The van der Waals surface area contributed by atoms with Crippen molar-refractivity contribution in [2.45, 2.75) is 84.2 Å². The Labute approximate surface area is 103 Å². The van der Waals surface area contributed by atoms with Crippen LogP contribution in [0.25, 0.3) is 0 Å². The van der Waals surface area contributed by atoms with Crippen molar-refractivity contribution >= 4 is 8.32 Å². The van der Waals surface area contributed by atoms with Gasteiger partial charge in [-0.05, 0) is 31.0 Å². The summed E-state index contributed by atoms with van der Waals surface area (Å²) in [5.41, 5.74) is 0. The van der Waals surface area contributed by atoms with E-state index >= 15 is 0 Å². The molecule has 0 aromatic carbocycles. The lowest BCUT2D eigenvalue weighted by Crippen LogP contribution is -2.43. The van der Waals surface area contributed by atoms with E-state index in [1.165, 1.54) is 0 Å². The van der Waals surface area contributed by atoms with Gasteiger partial charge in [-0.15, -0.1) is 0 Å². The third kappa shape index (κ3) is 4.56. The van der Waals surface area contributed by atoms with E-state index in [0.717, 1.165) is 37.4 Å². The second-order valence-corrected chi connectivity index (χ2v) is 9.39. The van der Waals surface area contributed by atoms with E-state index in [1.807, 2.05) is 0 Å². The minimum atomic E-state index is -1.55. The molecule has 98 valence electrons. The highest BCUT2D eigenvalue weighted by Crippen LogP contribution is 2.26. The molecule has 0 amide bonds. The molecule has 0 aliphatic heterocycles. The normalized spacial score (nSPS) is 16.1. The van der Waals surface area contributed by atoms with E-state index in [0.29, 0.717) is 0 Å². The van der Waals surface area contributed by atoms with Crippen LogP contribution < -0.4 is 0 Å². The average Bonchev–Trinajstić information content (AvgIpc) is 2.32. The fraction of sp³-hybridized carbons (Fsp3) is 1.00. The van der Waals surface area contributed by atoms with Crippen molar-refractivity contribution in [3.05, 3.63) is 0 Å². The van der Waals surface area contributed by atoms with Crippen LogP contribution in [0.4, 0.5) is 0 Å². The lowest BCUT2D eigenvalue weighted by molar-refractivity contribution is 0.0215. The lowest BCUT2D eigenvalue weighted by atomic mass is 10.1. The van der Waals surface area contributed by atoms with Crippen LogP contribution >= 0.6 is 0 Å². The molecular weight excluding hydrogens is 216 g/mol. The van der Waals surface area contributed by atoms with Gasteiger partial charge in [-0.1, -0.05) is 41.0 Å². The number of hydrogen-bond donors (Lipinski definition) is 1. The zero-order valence-corrected chi connectivity index (χ0v) is 12.8. The molecule has 3 heteroatoms. The molecule has 0 saturated heterocycles. The molecule has 0 rings (SSSR count). The lowest BCUT2D eigenvalue weighted by Gasteiger charge is -2.35. The quantitative estimate of drug-likeness (QED) is 0.624. The van der Waals surface area contributed by atoms with Crippen molar-refractivity contribution in [3.8, 4) is 0 Å². The second kappa shape index (κ2) is 8.26. The van der Waals surface area contributed by atoms with Gasteiger partial charge < -0.3 is 9.53 Å². The molecule has 0 aromatic heterocycles. The molecule has 0 unspecified atom stereocenters. The Morgan fingerprint density at radius 2 is 1.50 bits per heavy atom. The third-order valence-electron chi connectivity index (χ3n) is 3.75. The van der Waals surface area contributed by atoms with Crippen molar-refractivity contribution in [2.24, 2.45) is 0 Å². The Balaban J connectivity index is 4.48. The highest BCUT2D eigenvalue weighted by atomic mass is 28.4. The predicted octanol–water partition coefficient (Wildman–Crippen LogP) is 3.95. The van der Waals surface area contributed by atoms with Gasteiger partial charge in [0.1, 0.15) is 0 Å². The molecule has 0 aliphatic rings. The summed E-state index contributed by atoms with van der Waals surface area (Å²) >= 11 is 0. The van der Waals surface area contributed by atoms with Crippen molar-refractivity contribution in [3.63, 3.8) is 0 Å². The first-order valence-electron chi connectivity index (χ1n) is 6.94. The Morgan fingerprint density at radius 1 is 1.00 bits per heavy atom. The Hall–Kier alpha value is 0.137. The fourth-order valence-corrected chi connectivity index (χ4v) is 5.20. The van der Waals surface area contributed by atoms with Gasteiger partial charge in [-0.3, -0.25) is 0 Å². The van der Waals surface area contributed by atoms with Gasteiger partial charge in [0.15, 0.2) is 8.32 Å². The summed E-state index contributed by atoms with van der Waals surface area (Å²) in [7, 11) is -1.55. The van der Waals surface area contributed by atoms with Crippen molar-refractivity contribution < 1.29 is 9.53 Å². The summed E-state index contributed by atoms with van der Waals surface area (Å²) in [5.74, 6) is 0. The average molecular weight is 246 g/mol. The molecule has 0 aliphatic carbocycles. The zero-order valence-electron chi connectivity index (χ0n) is 11.8. The summed E-state index contributed by atoms with van der Waals surface area (Å²) in [6.07, 6.45) is 2.61. The van der Waals surface area contributed by atoms with Crippen LogP contribution in [-0.4, -0.2) is 25.6 Å². The van der Waals surface area contributed by atoms with Crippen LogP contribution in [0.15, 0.2) is 0 Å². The molecule has 0 radical (unpaired) electrons. The first-order valence-corrected chi connectivity index (χ1v) is 9.47. The summed E-state index contributed by atoms with van der Waals surface area (Å²) in [6, 6.07) is 3.49. The summed E-state index contributed by atoms with van der Waals surface area (Å²) in [5, 5.41) is 10.1. The minimum Gasteiger partial charge on any atom is -0.411 e. The second-order valence-electron chi connectivity index (χ2n) is 4.66. The molecule has 0 bridgehead atoms. The van der Waals surface area contributed by atoms with Gasteiger partial charge >= 0.3 is 0 Å². The van der Waals surface area contributed by atoms with Gasteiger partial charge in [0.05, 0.1) is 12.2 Å². The van der Waals surface area contributed by atoms with Gasteiger partial charge in [-0.25, -0.2) is 0 Å². The number of aliphatic hydroxyl groups excluding tert-OH is 1. The molecule has 2 atom stereocenters. The molecule has 0 heterocycles. The summed E-state index contributed by atoms with van der Waals surface area (Å²) in [6.45, 7) is 10.9. The van der Waals surface area contributed by atoms with Crippen LogP contribution in [0.2, 0.25) is 18.1 Å².